The first kappa shape index (κ1) is 19.9. The lowest BCUT2D eigenvalue weighted by molar-refractivity contribution is -0.145. The molecule has 0 spiro atoms. The third-order valence-corrected chi connectivity index (χ3v) is 5.28. The van der Waals surface area contributed by atoms with E-state index < -0.39 is 29.8 Å². The van der Waals surface area contributed by atoms with Crippen molar-refractivity contribution in [1.29, 1.82) is 0 Å². The molecule has 27 heavy (non-hydrogen) atoms. The monoisotopic (exact) mass is 408 g/mol. The number of aromatic nitrogens is 2. The molecule has 146 valence electrons. The smallest absolute Gasteiger partial charge is 0.373 e. The first-order valence-electron chi connectivity index (χ1n) is 7.97. The maximum Gasteiger partial charge on any atom is 0.451 e. The number of rotatable bonds is 3. The zero-order chi connectivity index (χ0) is 19.7. The second-order valence-electron chi connectivity index (χ2n) is 5.99. The molecule has 1 aliphatic rings. The molecule has 0 N–H and O–H groups in total. The summed E-state index contributed by atoms with van der Waals surface area (Å²) in [5, 5.41) is -0.0328. The minimum Gasteiger partial charge on any atom is -0.373 e. The Morgan fingerprint density at radius 1 is 1.00 bits per heavy atom. The highest BCUT2D eigenvalue weighted by molar-refractivity contribution is 8.00. The van der Waals surface area contributed by atoms with Crippen LogP contribution in [0.25, 0.3) is 0 Å². The molecule has 2 unspecified atom stereocenters. The van der Waals surface area contributed by atoms with Crippen molar-refractivity contribution in [2.75, 3.05) is 6.61 Å². The molecule has 2 heterocycles. The van der Waals surface area contributed by atoms with Gasteiger partial charge in [-0.15, -0.1) is 11.8 Å². The van der Waals surface area contributed by atoms with Gasteiger partial charge in [0, 0.05) is 34.7 Å². The molecule has 0 radical (unpaired) electrons. The largest absolute Gasteiger partial charge is 0.451 e. The van der Waals surface area contributed by atoms with E-state index in [9.17, 15) is 26.3 Å². The van der Waals surface area contributed by atoms with Gasteiger partial charge >= 0.3 is 12.4 Å². The fraction of sp³-hybridized carbons (Fsp3) is 0.412. The van der Waals surface area contributed by atoms with Crippen LogP contribution in [0.4, 0.5) is 26.3 Å². The minimum absolute atomic E-state index is 0.0328. The van der Waals surface area contributed by atoms with Gasteiger partial charge in [-0.1, -0.05) is 6.07 Å². The van der Waals surface area contributed by atoms with E-state index in [1.807, 2.05) is 0 Å². The lowest BCUT2D eigenvalue weighted by Gasteiger charge is -2.29. The van der Waals surface area contributed by atoms with Crippen molar-refractivity contribution < 1.29 is 31.1 Å². The zero-order valence-electron chi connectivity index (χ0n) is 13.7. The fourth-order valence-corrected chi connectivity index (χ4v) is 3.92. The van der Waals surface area contributed by atoms with Gasteiger partial charge in [0.15, 0.2) is 0 Å². The minimum atomic E-state index is -4.62. The van der Waals surface area contributed by atoms with Crippen LogP contribution in [0, 0.1) is 0 Å². The van der Waals surface area contributed by atoms with Crippen LogP contribution in [0.15, 0.2) is 41.6 Å². The molecule has 0 aliphatic carbocycles. The van der Waals surface area contributed by atoms with Gasteiger partial charge in [-0.3, -0.25) is 0 Å². The molecule has 1 saturated heterocycles. The number of hydrogen-bond acceptors (Lipinski definition) is 4. The van der Waals surface area contributed by atoms with Gasteiger partial charge in [0.1, 0.15) is 0 Å². The SMILES string of the molecule is FC(F)(F)c1cccc(SC2CCOC(c3cnc(C(F)(F)F)nc3)C2)c1. The number of ether oxygens (including phenoxy) is 1. The second-order valence-corrected chi connectivity index (χ2v) is 7.36. The molecule has 2 aromatic rings. The predicted octanol–water partition coefficient (Wildman–Crippen LogP) is 5.53. The topological polar surface area (TPSA) is 35.0 Å². The maximum atomic E-state index is 12.8. The van der Waals surface area contributed by atoms with Crippen LogP contribution in [0.1, 0.15) is 35.9 Å². The maximum absolute atomic E-state index is 12.8. The summed E-state index contributed by atoms with van der Waals surface area (Å²) in [6, 6.07) is 5.06. The highest BCUT2D eigenvalue weighted by atomic mass is 32.2. The second kappa shape index (κ2) is 7.67. The average molecular weight is 408 g/mol. The first-order chi connectivity index (χ1) is 12.6. The van der Waals surface area contributed by atoms with Crippen LogP contribution in [0.5, 0.6) is 0 Å². The Hall–Kier alpha value is -1.81. The van der Waals surface area contributed by atoms with E-state index in [-0.39, 0.29) is 5.25 Å². The van der Waals surface area contributed by atoms with E-state index in [2.05, 4.69) is 9.97 Å². The van der Waals surface area contributed by atoms with E-state index in [1.54, 1.807) is 6.07 Å². The first-order valence-corrected chi connectivity index (χ1v) is 8.85. The number of hydrogen-bond donors (Lipinski definition) is 0. The average Bonchev–Trinajstić information content (AvgIpc) is 2.61. The normalized spacial score (nSPS) is 21.3. The Morgan fingerprint density at radius 2 is 1.70 bits per heavy atom. The molecule has 2 atom stereocenters. The molecule has 0 bridgehead atoms. The summed E-state index contributed by atoms with van der Waals surface area (Å²) in [5.74, 6) is -1.23. The number of nitrogens with zero attached hydrogens (tertiary/aromatic N) is 2. The number of halogens is 6. The fourth-order valence-electron chi connectivity index (χ4n) is 2.69. The van der Waals surface area contributed by atoms with Crippen molar-refractivity contribution in [3.63, 3.8) is 0 Å². The van der Waals surface area contributed by atoms with Crippen molar-refractivity contribution in [2.45, 2.75) is 41.4 Å². The van der Waals surface area contributed by atoms with Crippen molar-refractivity contribution in [3.8, 4) is 0 Å². The molecular formula is C17H14F6N2OS. The van der Waals surface area contributed by atoms with E-state index >= 15 is 0 Å². The zero-order valence-corrected chi connectivity index (χ0v) is 14.5. The van der Waals surface area contributed by atoms with Gasteiger partial charge in [0.2, 0.25) is 5.82 Å². The van der Waals surface area contributed by atoms with Gasteiger partial charge in [-0.05, 0) is 31.0 Å². The van der Waals surface area contributed by atoms with E-state index in [4.69, 9.17) is 4.74 Å². The summed E-state index contributed by atoms with van der Waals surface area (Å²) >= 11 is 1.30. The molecule has 0 saturated carbocycles. The summed E-state index contributed by atoms with van der Waals surface area (Å²) in [5.41, 5.74) is -0.301. The van der Waals surface area contributed by atoms with Gasteiger partial charge in [-0.25, -0.2) is 9.97 Å². The van der Waals surface area contributed by atoms with Crippen molar-refractivity contribution >= 4 is 11.8 Å². The predicted molar refractivity (Wildman–Crippen MR) is 86.1 cm³/mol. The van der Waals surface area contributed by atoms with Crippen molar-refractivity contribution in [2.24, 2.45) is 0 Å². The highest BCUT2D eigenvalue weighted by Gasteiger charge is 2.35. The number of thioether (sulfide) groups is 1. The highest BCUT2D eigenvalue weighted by Crippen LogP contribution is 2.39. The van der Waals surface area contributed by atoms with Crippen LogP contribution >= 0.6 is 11.8 Å². The standard InChI is InChI=1S/C17H14F6N2OS/c18-16(19,20)11-2-1-3-12(6-11)27-13-4-5-26-14(7-13)10-8-24-15(25-9-10)17(21,22)23/h1-3,6,8-9,13-14H,4-5,7H2. The quantitative estimate of drug-likeness (QED) is 0.626. The lowest BCUT2D eigenvalue weighted by Crippen LogP contribution is -2.22. The van der Waals surface area contributed by atoms with Crippen LogP contribution < -0.4 is 0 Å². The molecule has 3 rings (SSSR count). The molecule has 3 nitrogen and oxygen atoms in total. The van der Waals surface area contributed by atoms with Gasteiger partial charge in [0.25, 0.3) is 0 Å². The summed E-state index contributed by atoms with van der Waals surface area (Å²) in [4.78, 5) is 7.14. The third kappa shape index (κ3) is 5.13. The Morgan fingerprint density at radius 3 is 2.33 bits per heavy atom. The van der Waals surface area contributed by atoms with Gasteiger partial charge in [-0.2, -0.15) is 26.3 Å². The van der Waals surface area contributed by atoms with Crippen molar-refractivity contribution in [3.05, 3.63) is 53.6 Å². The van der Waals surface area contributed by atoms with E-state index in [0.29, 0.717) is 29.9 Å². The lowest BCUT2D eigenvalue weighted by atomic mass is 10.0. The molecule has 1 aromatic carbocycles. The summed E-state index contributed by atoms with van der Waals surface area (Å²) in [7, 11) is 0. The van der Waals surface area contributed by atoms with Gasteiger partial charge in [0.05, 0.1) is 11.7 Å². The molecular weight excluding hydrogens is 394 g/mol. The Bertz CT molecular complexity index is 778. The van der Waals surface area contributed by atoms with Crippen molar-refractivity contribution in [1.82, 2.24) is 9.97 Å². The Labute approximate surface area is 155 Å². The molecule has 10 heteroatoms. The molecule has 0 amide bonds. The van der Waals surface area contributed by atoms with Crippen LogP contribution in [-0.4, -0.2) is 21.8 Å². The molecule has 1 aromatic heterocycles. The Balaban J connectivity index is 1.68. The third-order valence-electron chi connectivity index (χ3n) is 4.00. The Kier molecular flexibility index (Phi) is 5.66. The van der Waals surface area contributed by atoms with Crippen LogP contribution in [-0.2, 0) is 17.1 Å². The number of benzene rings is 1. The van der Waals surface area contributed by atoms with E-state index in [1.165, 1.54) is 17.8 Å². The molecule has 1 aliphatic heterocycles. The summed E-state index contributed by atoms with van der Waals surface area (Å²) in [6.45, 7) is 0.350. The van der Waals surface area contributed by atoms with Gasteiger partial charge < -0.3 is 4.74 Å². The summed E-state index contributed by atoms with van der Waals surface area (Å²) in [6.07, 6.45) is -6.30. The van der Waals surface area contributed by atoms with E-state index in [0.717, 1.165) is 24.5 Å². The number of alkyl halides is 6. The van der Waals surface area contributed by atoms with Crippen LogP contribution in [0.3, 0.4) is 0 Å². The van der Waals surface area contributed by atoms with Crippen LogP contribution in [0.2, 0.25) is 0 Å². The molecule has 1 fully saturated rings. The summed E-state index contributed by atoms with van der Waals surface area (Å²) < 4.78 is 81.7.